The number of amides is 1. The normalized spacial score (nSPS) is 11.6. The van der Waals surface area contributed by atoms with Crippen LogP contribution in [0.3, 0.4) is 0 Å². The summed E-state index contributed by atoms with van der Waals surface area (Å²) in [6.45, 7) is 0. The number of anilines is 1. The third kappa shape index (κ3) is 4.51. The van der Waals surface area contributed by atoms with E-state index >= 15 is 0 Å². The number of carboxylic acid groups (broad SMARTS) is 1. The average molecular weight is 335 g/mol. The monoisotopic (exact) mass is 334 g/mol. The Bertz CT molecular complexity index is 568. The summed E-state index contributed by atoms with van der Waals surface area (Å²) in [7, 11) is 1.11. The second-order valence-corrected chi connectivity index (χ2v) is 4.81. The third-order valence-corrected chi connectivity index (χ3v) is 3.17. The minimum atomic E-state index is -1.43. The Morgan fingerprint density at radius 1 is 1.33 bits per heavy atom. The number of esters is 1. The van der Waals surface area contributed by atoms with Crippen LogP contribution in [0.2, 0.25) is 10.0 Å². The number of methoxy groups -OCH3 is 1. The van der Waals surface area contributed by atoms with E-state index in [0.29, 0.717) is 0 Å². The Labute approximate surface area is 130 Å². The second-order valence-electron chi connectivity index (χ2n) is 4.00. The SMILES string of the molecule is COC(=O)C[C@H](NC(=O)c1cc(Cl)c(N)c(Cl)c1)C(=O)O. The molecule has 1 aromatic carbocycles. The van der Waals surface area contributed by atoms with Crippen molar-refractivity contribution in [2.24, 2.45) is 0 Å². The molecule has 0 bridgehead atoms. The molecule has 9 heteroatoms. The number of nitrogen functional groups attached to an aromatic ring is 1. The highest BCUT2D eigenvalue weighted by Crippen LogP contribution is 2.28. The highest BCUT2D eigenvalue weighted by Gasteiger charge is 2.24. The highest BCUT2D eigenvalue weighted by molar-refractivity contribution is 6.39. The molecule has 0 unspecified atom stereocenters. The van der Waals surface area contributed by atoms with E-state index < -0.39 is 30.3 Å². The van der Waals surface area contributed by atoms with Gasteiger partial charge in [-0.2, -0.15) is 0 Å². The lowest BCUT2D eigenvalue weighted by molar-refractivity contribution is -0.147. The first kappa shape index (κ1) is 17.1. The zero-order valence-corrected chi connectivity index (χ0v) is 12.4. The summed E-state index contributed by atoms with van der Waals surface area (Å²) in [4.78, 5) is 34.1. The van der Waals surface area contributed by atoms with Crippen LogP contribution in [0.15, 0.2) is 12.1 Å². The predicted molar refractivity (Wildman–Crippen MR) is 76.4 cm³/mol. The van der Waals surface area contributed by atoms with Crippen molar-refractivity contribution in [1.82, 2.24) is 5.32 Å². The smallest absolute Gasteiger partial charge is 0.326 e. The lowest BCUT2D eigenvalue weighted by atomic mass is 10.1. The van der Waals surface area contributed by atoms with Crippen molar-refractivity contribution in [3.63, 3.8) is 0 Å². The van der Waals surface area contributed by atoms with Crippen LogP contribution in [0.5, 0.6) is 0 Å². The Morgan fingerprint density at radius 2 is 1.86 bits per heavy atom. The van der Waals surface area contributed by atoms with E-state index in [0.717, 1.165) is 7.11 Å². The maximum atomic E-state index is 12.0. The van der Waals surface area contributed by atoms with Gasteiger partial charge in [-0.1, -0.05) is 23.2 Å². The number of rotatable bonds is 5. The quantitative estimate of drug-likeness (QED) is 0.552. The van der Waals surface area contributed by atoms with Crippen molar-refractivity contribution in [1.29, 1.82) is 0 Å². The van der Waals surface area contributed by atoms with Crippen LogP contribution in [-0.2, 0) is 14.3 Å². The number of halogens is 2. The van der Waals surface area contributed by atoms with Gasteiger partial charge in [0.2, 0.25) is 0 Å². The van der Waals surface area contributed by atoms with Gasteiger partial charge in [-0.15, -0.1) is 0 Å². The molecule has 1 rings (SSSR count). The van der Waals surface area contributed by atoms with Gasteiger partial charge in [0, 0.05) is 5.56 Å². The lowest BCUT2D eigenvalue weighted by Crippen LogP contribution is -2.42. The van der Waals surface area contributed by atoms with E-state index in [9.17, 15) is 14.4 Å². The van der Waals surface area contributed by atoms with Gasteiger partial charge in [0.05, 0.1) is 29.3 Å². The van der Waals surface area contributed by atoms with Gasteiger partial charge in [0.15, 0.2) is 0 Å². The number of hydrogen-bond acceptors (Lipinski definition) is 5. The molecule has 0 aliphatic rings. The largest absolute Gasteiger partial charge is 0.480 e. The van der Waals surface area contributed by atoms with Crippen LogP contribution in [0, 0.1) is 0 Å². The fraction of sp³-hybridized carbons (Fsp3) is 0.250. The van der Waals surface area contributed by atoms with E-state index in [-0.39, 0.29) is 21.3 Å². The summed E-state index contributed by atoms with van der Waals surface area (Å²) in [6.07, 6.45) is -0.506. The summed E-state index contributed by atoms with van der Waals surface area (Å²) in [6, 6.07) is 1.06. The van der Waals surface area contributed by atoms with Crippen molar-refractivity contribution in [3.05, 3.63) is 27.7 Å². The van der Waals surface area contributed by atoms with Crippen LogP contribution in [0.1, 0.15) is 16.8 Å². The fourth-order valence-corrected chi connectivity index (χ4v) is 1.89. The van der Waals surface area contributed by atoms with E-state index in [2.05, 4.69) is 10.1 Å². The minimum Gasteiger partial charge on any atom is -0.480 e. The number of carboxylic acids is 1. The predicted octanol–water partition coefficient (Wildman–Crippen LogP) is 1.32. The summed E-state index contributed by atoms with van der Waals surface area (Å²) in [5.41, 5.74) is 5.67. The van der Waals surface area contributed by atoms with E-state index in [4.69, 9.17) is 34.0 Å². The summed E-state index contributed by atoms with van der Waals surface area (Å²) in [5, 5.41) is 11.3. The maximum Gasteiger partial charge on any atom is 0.326 e. The molecule has 0 aromatic heterocycles. The van der Waals surface area contributed by atoms with Crippen LogP contribution >= 0.6 is 23.2 Å². The van der Waals surface area contributed by atoms with Crippen molar-refractivity contribution in [3.8, 4) is 0 Å². The zero-order chi connectivity index (χ0) is 16.2. The molecule has 0 aliphatic heterocycles. The Balaban J connectivity index is 2.92. The van der Waals surface area contributed by atoms with E-state index in [1.54, 1.807) is 0 Å². The minimum absolute atomic E-state index is 0.0234. The van der Waals surface area contributed by atoms with Crippen LogP contribution in [0.4, 0.5) is 5.69 Å². The molecule has 114 valence electrons. The molecule has 4 N–H and O–H groups in total. The molecule has 0 heterocycles. The van der Waals surface area contributed by atoms with Gasteiger partial charge in [-0.25, -0.2) is 4.79 Å². The van der Waals surface area contributed by atoms with Crippen LogP contribution < -0.4 is 11.1 Å². The van der Waals surface area contributed by atoms with Crippen molar-refractivity contribution in [2.75, 3.05) is 12.8 Å². The third-order valence-electron chi connectivity index (χ3n) is 2.54. The molecule has 0 spiro atoms. The first-order chi connectivity index (χ1) is 9.76. The Morgan fingerprint density at radius 3 is 2.29 bits per heavy atom. The van der Waals surface area contributed by atoms with Crippen LogP contribution in [0.25, 0.3) is 0 Å². The number of ether oxygens (including phenoxy) is 1. The standard InChI is InChI=1S/C12H12Cl2N2O5/c1-21-9(17)4-8(12(19)20)16-11(18)5-2-6(13)10(15)7(14)3-5/h2-3,8H,4,15H2,1H3,(H,16,18)(H,19,20)/t8-/m0/s1. The molecule has 1 aromatic rings. The molecule has 0 fully saturated rings. The summed E-state index contributed by atoms with van der Waals surface area (Å²) in [5.74, 6) is -2.90. The molecule has 21 heavy (non-hydrogen) atoms. The second kappa shape index (κ2) is 7.14. The number of hydrogen-bond donors (Lipinski definition) is 3. The van der Waals surface area contributed by atoms with Gasteiger partial charge in [-0.3, -0.25) is 9.59 Å². The number of benzene rings is 1. The van der Waals surface area contributed by atoms with Gasteiger partial charge in [0.1, 0.15) is 6.04 Å². The number of carbonyl (C=O) groups is 3. The highest BCUT2D eigenvalue weighted by atomic mass is 35.5. The van der Waals surface area contributed by atoms with E-state index in [1.807, 2.05) is 0 Å². The van der Waals surface area contributed by atoms with Crippen LogP contribution in [-0.4, -0.2) is 36.1 Å². The molecule has 0 saturated carbocycles. The lowest BCUT2D eigenvalue weighted by Gasteiger charge is -2.14. The van der Waals surface area contributed by atoms with Gasteiger partial charge >= 0.3 is 11.9 Å². The fourth-order valence-electron chi connectivity index (χ4n) is 1.41. The molecular weight excluding hydrogens is 323 g/mol. The molecule has 1 atom stereocenters. The van der Waals surface area contributed by atoms with E-state index in [1.165, 1.54) is 12.1 Å². The van der Waals surface area contributed by atoms with Crippen molar-refractivity contribution >= 4 is 46.7 Å². The average Bonchev–Trinajstić information content (AvgIpc) is 2.42. The Kier molecular flexibility index (Phi) is 5.80. The molecule has 0 radical (unpaired) electrons. The molecule has 1 amide bonds. The number of nitrogens with two attached hydrogens (primary N) is 1. The first-order valence-corrected chi connectivity index (χ1v) is 6.36. The summed E-state index contributed by atoms with van der Waals surface area (Å²) < 4.78 is 4.36. The van der Waals surface area contributed by atoms with Crippen molar-refractivity contribution in [2.45, 2.75) is 12.5 Å². The molecular formula is C12H12Cl2N2O5. The Hall–Kier alpha value is -1.99. The zero-order valence-electron chi connectivity index (χ0n) is 10.9. The van der Waals surface area contributed by atoms with Gasteiger partial charge < -0.3 is 20.9 Å². The summed E-state index contributed by atoms with van der Waals surface area (Å²) >= 11 is 11.6. The number of aliphatic carboxylic acids is 1. The molecule has 7 nitrogen and oxygen atoms in total. The maximum absolute atomic E-state index is 12.0. The van der Waals surface area contributed by atoms with Gasteiger partial charge in [-0.05, 0) is 12.1 Å². The van der Waals surface area contributed by atoms with Gasteiger partial charge in [0.25, 0.3) is 5.91 Å². The topological polar surface area (TPSA) is 119 Å². The number of nitrogens with one attached hydrogen (secondary N) is 1. The number of carbonyl (C=O) groups excluding carboxylic acids is 2. The molecule has 0 aliphatic carbocycles. The van der Waals surface area contributed by atoms with Crippen molar-refractivity contribution < 1.29 is 24.2 Å². The molecule has 0 saturated heterocycles. The first-order valence-electron chi connectivity index (χ1n) is 5.61.